The maximum absolute atomic E-state index is 11.3. The molecule has 0 atom stereocenters. The number of aromatic amines is 1. The number of ether oxygens (including phenoxy) is 1. The first-order valence-corrected chi connectivity index (χ1v) is 6.26. The molecular formula is C15H18N2O2. The second kappa shape index (κ2) is 5.18. The number of carbonyl (C=O) groups excluding carboxylic acids is 1. The molecule has 4 heteroatoms. The van der Waals surface area contributed by atoms with Gasteiger partial charge in [-0.3, -0.25) is 4.79 Å². The third kappa shape index (κ3) is 2.62. The molecule has 3 N–H and O–H groups in total. The van der Waals surface area contributed by atoms with Gasteiger partial charge in [-0.05, 0) is 56.2 Å². The first kappa shape index (κ1) is 13.2. The van der Waals surface area contributed by atoms with Crippen molar-refractivity contribution in [1.82, 2.24) is 4.98 Å². The van der Waals surface area contributed by atoms with Gasteiger partial charge in [0, 0.05) is 11.4 Å². The highest BCUT2D eigenvalue weighted by molar-refractivity contribution is 5.95. The van der Waals surface area contributed by atoms with E-state index in [4.69, 9.17) is 10.5 Å². The van der Waals surface area contributed by atoms with Gasteiger partial charge in [0.1, 0.15) is 5.75 Å². The largest absolute Gasteiger partial charge is 0.494 e. The van der Waals surface area contributed by atoms with E-state index >= 15 is 0 Å². The van der Waals surface area contributed by atoms with Crippen LogP contribution in [0.5, 0.6) is 5.75 Å². The third-order valence-electron chi connectivity index (χ3n) is 3.07. The zero-order valence-corrected chi connectivity index (χ0v) is 11.4. The number of benzene rings is 1. The molecular weight excluding hydrogens is 240 g/mol. The Hall–Kier alpha value is -2.23. The number of carbonyl (C=O) groups is 1. The normalized spacial score (nSPS) is 10.5. The molecule has 0 radical (unpaired) electrons. The lowest BCUT2D eigenvalue weighted by Crippen LogP contribution is -2.10. The van der Waals surface area contributed by atoms with Crippen molar-refractivity contribution in [3.8, 4) is 17.0 Å². The number of aryl methyl sites for hydroxylation is 2. The van der Waals surface area contributed by atoms with Gasteiger partial charge in [0.15, 0.2) is 0 Å². The molecule has 2 aromatic rings. The van der Waals surface area contributed by atoms with Crippen LogP contribution in [0.1, 0.15) is 28.5 Å². The molecule has 1 amide bonds. The van der Waals surface area contributed by atoms with Crippen molar-refractivity contribution in [3.63, 3.8) is 0 Å². The number of rotatable bonds is 4. The summed E-state index contributed by atoms with van der Waals surface area (Å²) in [6, 6.07) is 7.72. The molecule has 0 aliphatic heterocycles. The number of hydrogen-bond donors (Lipinski definition) is 2. The summed E-state index contributed by atoms with van der Waals surface area (Å²) < 4.78 is 5.51. The van der Waals surface area contributed by atoms with Gasteiger partial charge in [0.25, 0.3) is 5.91 Å². The summed E-state index contributed by atoms with van der Waals surface area (Å²) in [5.74, 6) is 0.465. The van der Waals surface area contributed by atoms with Gasteiger partial charge in [0.2, 0.25) is 0 Å². The van der Waals surface area contributed by atoms with Gasteiger partial charge in [0.05, 0.1) is 12.2 Å². The van der Waals surface area contributed by atoms with Gasteiger partial charge in [-0.2, -0.15) is 0 Å². The van der Waals surface area contributed by atoms with Crippen LogP contribution in [-0.4, -0.2) is 17.5 Å². The SMILES string of the molecule is CCOc1ccc(-c2cc(C(N)=O)c(C)[nH]2)cc1C. The summed E-state index contributed by atoms with van der Waals surface area (Å²) in [4.78, 5) is 14.4. The standard InChI is InChI=1S/C15H18N2O2/c1-4-19-14-6-5-11(7-9(14)2)13-8-12(15(16)18)10(3)17-13/h5-8,17H,4H2,1-3H3,(H2,16,18). The lowest BCUT2D eigenvalue weighted by Gasteiger charge is -2.08. The van der Waals surface area contributed by atoms with Crippen LogP contribution in [-0.2, 0) is 0 Å². The van der Waals surface area contributed by atoms with E-state index in [2.05, 4.69) is 4.98 Å². The zero-order valence-electron chi connectivity index (χ0n) is 11.4. The first-order chi connectivity index (χ1) is 9.02. The van der Waals surface area contributed by atoms with Crippen molar-refractivity contribution >= 4 is 5.91 Å². The maximum atomic E-state index is 11.3. The Labute approximate surface area is 112 Å². The highest BCUT2D eigenvalue weighted by Gasteiger charge is 2.11. The molecule has 0 bridgehead atoms. The number of nitrogens with one attached hydrogen (secondary N) is 1. The van der Waals surface area contributed by atoms with Crippen molar-refractivity contribution in [2.24, 2.45) is 5.73 Å². The fourth-order valence-electron chi connectivity index (χ4n) is 2.10. The topological polar surface area (TPSA) is 68.1 Å². The fourth-order valence-corrected chi connectivity index (χ4v) is 2.10. The Morgan fingerprint density at radius 3 is 2.58 bits per heavy atom. The van der Waals surface area contributed by atoms with Crippen LogP contribution in [0.15, 0.2) is 24.3 Å². The van der Waals surface area contributed by atoms with Gasteiger partial charge < -0.3 is 15.5 Å². The zero-order chi connectivity index (χ0) is 14.0. The molecule has 4 nitrogen and oxygen atoms in total. The van der Waals surface area contributed by atoms with E-state index in [0.29, 0.717) is 12.2 Å². The highest BCUT2D eigenvalue weighted by Crippen LogP contribution is 2.27. The molecule has 0 saturated heterocycles. The van der Waals surface area contributed by atoms with Gasteiger partial charge in [-0.25, -0.2) is 0 Å². The monoisotopic (exact) mass is 258 g/mol. The van der Waals surface area contributed by atoms with Crippen LogP contribution in [0.4, 0.5) is 0 Å². The van der Waals surface area contributed by atoms with Crippen LogP contribution < -0.4 is 10.5 Å². The third-order valence-corrected chi connectivity index (χ3v) is 3.07. The Morgan fingerprint density at radius 2 is 2.05 bits per heavy atom. The summed E-state index contributed by atoms with van der Waals surface area (Å²) in [5, 5.41) is 0. The first-order valence-electron chi connectivity index (χ1n) is 6.26. The molecule has 2 rings (SSSR count). The van der Waals surface area contributed by atoms with Gasteiger partial charge >= 0.3 is 0 Å². The summed E-state index contributed by atoms with van der Waals surface area (Å²) >= 11 is 0. The van der Waals surface area contributed by atoms with Crippen LogP contribution >= 0.6 is 0 Å². The second-order valence-corrected chi connectivity index (χ2v) is 4.50. The molecule has 19 heavy (non-hydrogen) atoms. The Bertz CT molecular complexity index is 615. The molecule has 0 fully saturated rings. The number of nitrogens with two attached hydrogens (primary N) is 1. The number of hydrogen-bond acceptors (Lipinski definition) is 2. The average Bonchev–Trinajstić information content (AvgIpc) is 2.74. The predicted molar refractivity (Wildman–Crippen MR) is 75.4 cm³/mol. The average molecular weight is 258 g/mol. The van der Waals surface area contributed by atoms with E-state index in [0.717, 1.165) is 28.3 Å². The smallest absolute Gasteiger partial charge is 0.250 e. The second-order valence-electron chi connectivity index (χ2n) is 4.50. The highest BCUT2D eigenvalue weighted by atomic mass is 16.5. The number of primary amides is 1. The summed E-state index contributed by atoms with van der Waals surface area (Å²) in [6.07, 6.45) is 0. The molecule has 1 aromatic carbocycles. The lowest BCUT2D eigenvalue weighted by molar-refractivity contribution is 0.1000. The minimum Gasteiger partial charge on any atom is -0.494 e. The molecule has 0 unspecified atom stereocenters. The Morgan fingerprint density at radius 1 is 1.32 bits per heavy atom. The maximum Gasteiger partial charge on any atom is 0.250 e. The number of H-pyrrole nitrogens is 1. The van der Waals surface area contributed by atoms with E-state index < -0.39 is 5.91 Å². The van der Waals surface area contributed by atoms with Gasteiger partial charge in [-0.1, -0.05) is 0 Å². The molecule has 0 aliphatic rings. The predicted octanol–water partition coefficient (Wildman–Crippen LogP) is 2.80. The Kier molecular flexibility index (Phi) is 3.60. The van der Waals surface area contributed by atoms with E-state index in [9.17, 15) is 4.79 Å². The minimum atomic E-state index is -0.414. The molecule has 100 valence electrons. The van der Waals surface area contributed by atoms with E-state index in [1.807, 2.05) is 39.0 Å². The summed E-state index contributed by atoms with van der Waals surface area (Å²) in [5.41, 5.74) is 9.60. The minimum absolute atomic E-state index is 0.414. The van der Waals surface area contributed by atoms with Crippen molar-refractivity contribution in [1.29, 1.82) is 0 Å². The fraction of sp³-hybridized carbons (Fsp3) is 0.267. The van der Waals surface area contributed by atoms with E-state index in [1.165, 1.54) is 0 Å². The summed E-state index contributed by atoms with van der Waals surface area (Å²) in [6.45, 7) is 6.44. The van der Waals surface area contributed by atoms with E-state index in [-0.39, 0.29) is 0 Å². The summed E-state index contributed by atoms with van der Waals surface area (Å²) in [7, 11) is 0. The molecule has 0 saturated carbocycles. The van der Waals surface area contributed by atoms with Crippen LogP contribution in [0.2, 0.25) is 0 Å². The van der Waals surface area contributed by atoms with Crippen LogP contribution in [0, 0.1) is 13.8 Å². The van der Waals surface area contributed by atoms with E-state index in [1.54, 1.807) is 6.07 Å². The number of aromatic nitrogens is 1. The van der Waals surface area contributed by atoms with Crippen molar-refractivity contribution < 1.29 is 9.53 Å². The van der Waals surface area contributed by atoms with Crippen LogP contribution in [0.3, 0.4) is 0 Å². The quantitative estimate of drug-likeness (QED) is 0.885. The van der Waals surface area contributed by atoms with Gasteiger partial charge in [-0.15, -0.1) is 0 Å². The molecule has 0 aliphatic carbocycles. The van der Waals surface area contributed by atoms with Crippen LogP contribution in [0.25, 0.3) is 11.3 Å². The molecule has 0 spiro atoms. The molecule has 1 heterocycles. The van der Waals surface area contributed by atoms with Crippen molar-refractivity contribution in [2.75, 3.05) is 6.61 Å². The van der Waals surface area contributed by atoms with Crippen molar-refractivity contribution in [2.45, 2.75) is 20.8 Å². The molecule has 1 aromatic heterocycles. The Balaban J connectivity index is 2.39. The lowest BCUT2D eigenvalue weighted by atomic mass is 10.1. The van der Waals surface area contributed by atoms with Crippen molar-refractivity contribution in [3.05, 3.63) is 41.1 Å². The number of amides is 1.